The number of hydrogen-bond donors (Lipinski definition) is 4. The Kier molecular flexibility index (Phi) is 20.7. The van der Waals surface area contributed by atoms with E-state index in [0.29, 0.717) is 81.9 Å². The Morgan fingerprint density at radius 3 is 1.11 bits per heavy atom. The van der Waals surface area contributed by atoms with E-state index in [1.54, 1.807) is 36.4 Å². The van der Waals surface area contributed by atoms with Crippen molar-refractivity contribution in [2.45, 2.75) is 51.4 Å². The Bertz CT molecular complexity index is 3640. The van der Waals surface area contributed by atoms with Crippen LogP contribution in [0.2, 0.25) is 0 Å². The minimum absolute atomic E-state index is 0. The number of ether oxygens (including phenoxy) is 6. The van der Waals surface area contributed by atoms with Crippen LogP contribution >= 0.6 is 0 Å². The average molecular weight is 1220 g/mol. The maximum Gasteiger partial charge on any atom is 2.00 e. The van der Waals surface area contributed by atoms with Crippen molar-refractivity contribution in [3.05, 3.63) is 157 Å². The molecule has 444 valence electrons. The van der Waals surface area contributed by atoms with Gasteiger partial charge in [-0.3, -0.25) is 29.1 Å². The standard InChI is InChI=1S/2C31H27F2N3O7.Ca/c2*1-41-26-16-21-23(17-27(26)42-14-2-3-28(37)38)34-13-10-24(21)43-25-9-8-20(15-22(25)33)36-30(40)31(11-12-31)29(39)35-19-6-4-18(32)5-7-19;/h2*4-10,13,15-17H,2-3,11-12,14H2,1H3,(H,35,39)(H,36,40)(H,37,38);/q;;+2/p-2. The number of rotatable bonds is 24. The first-order valence-electron chi connectivity index (χ1n) is 26.7. The Morgan fingerprint density at radius 2 is 0.793 bits per heavy atom. The van der Waals surface area contributed by atoms with Crippen LogP contribution in [0.1, 0.15) is 51.4 Å². The molecule has 2 fully saturated rings. The fraction of sp³-hybridized carbons (Fsp3) is 0.226. The minimum Gasteiger partial charge on any atom is -0.550 e. The van der Waals surface area contributed by atoms with Gasteiger partial charge in [0, 0.05) is 82.1 Å². The van der Waals surface area contributed by atoms with Crippen molar-refractivity contribution in [1.82, 2.24) is 9.97 Å². The van der Waals surface area contributed by atoms with E-state index in [4.69, 9.17) is 28.4 Å². The van der Waals surface area contributed by atoms with E-state index in [0.717, 1.165) is 12.1 Å². The number of carboxylic acid groups (broad SMARTS) is 2. The largest absolute Gasteiger partial charge is 2.00 e. The molecule has 4 amide bonds. The number of fused-ring (bicyclic) bond motifs is 2. The number of halogens is 4. The van der Waals surface area contributed by atoms with Crippen LogP contribution in [0.15, 0.2) is 134 Å². The van der Waals surface area contributed by atoms with Gasteiger partial charge in [0.2, 0.25) is 23.6 Å². The predicted molar refractivity (Wildman–Crippen MR) is 305 cm³/mol. The van der Waals surface area contributed by atoms with Crippen LogP contribution in [-0.4, -0.2) is 111 Å². The van der Waals surface area contributed by atoms with Crippen molar-refractivity contribution >= 4 is 118 Å². The summed E-state index contributed by atoms with van der Waals surface area (Å²) in [7, 11) is 2.88. The average Bonchev–Trinajstić information content (AvgIpc) is 1.76. The number of aromatic nitrogens is 2. The zero-order valence-electron chi connectivity index (χ0n) is 46.6. The summed E-state index contributed by atoms with van der Waals surface area (Å²) in [5.74, 6) is -5.28. The Labute approximate surface area is 523 Å². The van der Waals surface area contributed by atoms with Gasteiger partial charge < -0.3 is 69.5 Å². The van der Waals surface area contributed by atoms with E-state index < -0.39 is 69.7 Å². The minimum atomic E-state index is -1.30. The van der Waals surface area contributed by atoms with E-state index in [1.165, 1.54) is 99.4 Å². The second-order valence-corrected chi connectivity index (χ2v) is 19.8. The molecular formula is C62H52CaF4N6O14. The number of pyridine rings is 2. The summed E-state index contributed by atoms with van der Waals surface area (Å²) in [6, 6.07) is 27.7. The van der Waals surface area contributed by atoms with Gasteiger partial charge >= 0.3 is 37.7 Å². The van der Waals surface area contributed by atoms with E-state index in [9.17, 15) is 47.8 Å². The normalized spacial score (nSPS) is 13.0. The Balaban J connectivity index is 0.000000223. The molecule has 20 nitrogen and oxygen atoms in total. The molecule has 0 bridgehead atoms. The molecule has 2 aliphatic carbocycles. The summed E-state index contributed by atoms with van der Waals surface area (Å²) in [6.45, 7) is 0.250. The van der Waals surface area contributed by atoms with Crippen molar-refractivity contribution in [3.63, 3.8) is 0 Å². The number of methoxy groups -OCH3 is 2. The monoisotopic (exact) mass is 1220 g/mol. The van der Waals surface area contributed by atoms with Gasteiger partial charge in [0.15, 0.2) is 46.1 Å². The van der Waals surface area contributed by atoms with Crippen molar-refractivity contribution in [2.75, 3.05) is 48.7 Å². The first-order valence-corrected chi connectivity index (χ1v) is 26.7. The number of amides is 4. The quantitative estimate of drug-likeness (QED) is 0.0190. The smallest absolute Gasteiger partial charge is 0.550 e. The molecule has 87 heavy (non-hydrogen) atoms. The third-order valence-electron chi connectivity index (χ3n) is 13.8. The molecule has 25 heteroatoms. The topological polar surface area (TPSA) is 278 Å². The molecular weight excluding hydrogens is 1170 g/mol. The Morgan fingerprint density at radius 1 is 0.448 bits per heavy atom. The van der Waals surface area contributed by atoms with Crippen molar-refractivity contribution < 1.29 is 85.0 Å². The third-order valence-corrected chi connectivity index (χ3v) is 13.8. The van der Waals surface area contributed by atoms with Gasteiger partial charge in [-0.2, -0.15) is 0 Å². The molecule has 10 rings (SSSR count). The van der Waals surface area contributed by atoms with Crippen LogP contribution in [0.5, 0.6) is 46.0 Å². The molecule has 8 aromatic rings. The van der Waals surface area contributed by atoms with Crippen LogP contribution in [0, 0.1) is 34.1 Å². The number of anilines is 4. The molecule has 2 aliphatic rings. The van der Waals surface area contributed by atoms with E-state index in [2.05, 4.69) is 31.2 Å². The number of carbonyl (C=O) groups excluding carboxylic acids is 6. The fourth-order valence-electron chi connectivity index (χ4n) is 8.77. The van der Waals surface area contributed by atoms with Crippen LogP contribution in [-0.2, 0) is 28.8 Å². The SMILES string of the molecule is COc1cc2c(Oc3ccc(NC(=O)C4(C(=O)Nc5ccc(F)cc5)CC4)cc3F)ccnc2cc1OCCCC(=O)[O-].COc1cc2c(Oc3ccc(NC(=O)C4(C(=O)Nc5ccc(F)cc5)CC4)cc3F)ccnc2cc1OCCCC(=O)[O-].[Ca+2]. The first kappa shape index (κ1) is 63.8. The summed E-state index contributed by atoms with van der Waals surface area (Å²) in [5, 5.41) is 32.7. The van der Waals surface area contributed by atoms with E-state index >= 15 is 8.78 Å². The number of nitrogens with one attached hydrogen (secondary N) is 4. The third kappa shape index (κ3) is 15.8. The van der Waals surface area contributed by atoms with Crippen molar-refractivity contribution in [1.29, 1.82) is 0 Å². The summed E-state index contributed by atoms with van der Waals surface area (Å²) < 4.78 is 90.4. The zero-order valence-corrected chi connectivity index (χ0v) is 48.8. The number of carboxylic acids is 2. The molecule has 0 spiro atoms. The summed E-state index contributed by atoms with van der Waals surface area (Å²) in [6.07, 6.45) is 4.44. The molecule has 2 aromatic heterocycles. The van der Waals surface area contributed by atoms with Gasteiger partial charge in [0.05, 0.1) is 38.5 Å². The van der Waals surface area contributed by atoms with Crippen LogP contribution in [0.4, 0.5) is 40.3 Å². The van der Waals surface area contributed by atoms with Gasteiger partial charge in [-0.1, -0.05) is 0 Å². The van der Waals surface area contributed by atoms with Crippen LogP contribution in [0.3, 0.4) is 0 Å². The van der Waals surface area contributed by atoms with Gasteiger partial charge in [-0.25, -0.2) is 17.6 Å². The molecule has 2 heterocycles. The summed E-state index contributed by atoms with van der Waals surface area (Å²) in [4.78, 5) is 81.4. The molecule has 0 radical (unpaired) electrons. The van der Waals surface area contributed by atoms with Gasteiger partial charge in [0.1, 0.15) is 34.0 Å². The Hall–Kier alpha value is -9.26. The zero-order chi connectivity index (χ0) is 61.1. The number of nitrogens with zero attached hydrogens (tertiary/aromatic N) is 2. The van der Waals surface area contributed by atoms with E-state index in [1.807, 2.05) is 0 Å². The molecule has 2 saturated carbocycles. The number of carbonyl (C=O) groups is 6. The molecule has 6 aromatic carbocycles. The first-order chi connectivity index (χ1) is 41.4. The predicted octanol–water partition coefficient (Wildman–Crippen LogP) is 8.78. The van der Waals surface area contributed by atoms with Gasteiger partial charge in [0.25, 0.3) is 0 Å². The fourth-order valence-corrected chi connectivity index (χ4v) is 8.77. The second kappa shape index (κ2) is 28.3. The van der Waals surface area contributed by atoms with Crippen molar-refractivity contribution in [2.24, 2.45) is 10.8 Å². The number of aliphatic carboxylic acids is 2. The molecule has 0 saturated heterocycles. The number of hydrogen-bond acceptors (Lipinski definition) is 16. The van der Waals surface area contributed by atoms with Crippen LogP contribution in [0.25, 0.3) is 21.8 Å². The maximum absolute atomic E-state index is 15.1. The molecule has 4 N–H and O–H groups in total. The second-order valence-electron chi connectivity index (χ2n) is 19.8. The molecule has 0 aliphatic heterocycles. The van der Waals surface area contributed by atoms with E-state index in [-0.39, 0.29) is 111 Å². The molecule has 0 unspecified atom stereocenters. The summed E-state index contributed by atoms with van der Waals surface area (Å²) in [5.41, 5.74) is -0.684. The van der Waals surface area contributed by atoms with Gasteiger partial charge in [-0.05, 0) is 148 Å². The maximum atomic E-state index is 15.1. The van der Waals surface area contributed by atoms with Gasteiger partial charge in [-0.15, -0.1) is 0 Å². The summed E-state index contributed by atoms with van der Waals surface area (Å²) >= 11 is 0. The van der Waals surface area contributed by atoms with Crippen LogP contribution < -0.4 is 59.9 Å². The molecule has 0 atom stereocenters. The number of benzene rings is 6. The van der Waals surface area contributed by atoms with Crippen molar-refractivity contribution in [3.8, 4) is 46.0 Å².